The van der Waals surface area contributed by atoms with Crippen molar-refractivity contribution in [3.63, 3.8) is 0 Å². The van der Waals surface area contributed by atoms with Gasteiger partial charge in [-0.2, -0.15) is 0 Å². The summed E-state index contributed by atoms with van der Waals surface area (Å²) in [5, 5.41) is 20.0. The number of carbonyl (C=O) groups is 1. The van der Waals surface area contributed by atoms with E-state index in [2.05, 4.69) is 47.6 Å². The van der Waals surface area contributed by atoms with Gasteiger partial charge in [0.05, 0.1) is 6.10 Å². The average Bonchev–Trinajstić information content (AvgIpc) is 3.02. The fraction of sp³-hybridized carbons (Fsp3) is 0.833. The lowest BCUT2D eigenvalue weighted by Crippen LogP contribution is -2.58. The fourth-order valence-electron chi connectivity index (χ4n) is 9.50. The highest BCUT2D eigenvalue weighted by molar-refractivity contribution is 5.85. The van der Waals surface area contributed by atoms with Crippen molar-refractivity contribution in [2.75, 3.05) is 0 Å². The number of aliphatic hydroxyl groups is 1. The quantitative estimate of drug-likeness (QED) is 0.335. The van der Waals surface area contributed by atoms with E-state index in [-0.39, 0.29) is 16.9 Å². The molecule has 4 aliphatic carbocycles. The molecule has 186 valence electrons. The molecule has 0 aromatic rings. The maximum Gasteiger partial charge on any atom is 0.330 e. The van der Waals surface area contributed by atoms with E-state index >= 15 is 0 Å². The zero-order valence-electron chi connectivity index (χ0n) is 22.2. The van der Waals surface area contributed by atoms with Gasteiger partial charge >= 0.3 is 5.97 Å². The minimum absolute atomic E-state index is 0.00892. The minimum Gasteiger partial charge on any atom is -0.478 e. The number of aliphatic hydroxyl groups excluding tert-OH is 1. The zero-order valence-corrected chi connectivity index (χ0v) is 22.2. The lowest BCUT2D eigenvalue weighted by molar-refractivity contribution is -0.132. The van der Waals surface area contributed by atoms with Gasteiger partial charge in [0.2, 0.25) is 0 Å². The third kappa shape index (κ3) is 3.58. The van der Waals surface area contributed by atoms with Gasteiger partial charge < -0.3 is 10.2 Å². The van der Waals surface area contributed by atoms with Crippen molar-refractivity contribution in [2.45, 2.75) is 112 Å². The highest BCUT2D eigenvalue weighted by Crippen LogP contribution is 2.73. The monoisotopic (exact) mass is 456 g/mol. The summed E-state index contributed by atoms with van der Waals surface area (Å²) in [5.74, 6) is 1.75. The molecule has 3 heteroatoms. The standard InChI is InChI=1S/C30H48O3/c1-19(9-8-10-20(2)26(32)33)21-13-17-30(7)23-11-12-24-27(3,4)25(31)15-16-28(24,5)22(23)14-18-29(21,30)6/h10-11,19,21-22,24-25,31H,8-9,12-18H2,1-7H3,(H,32,33)/b20-10-/t19-,21-,22+,24-,25-,28+,29-,30+/m0/s1. The number of carboxylic acid groups (broad SMARTS) is 1. The van der Waals surface area contributed by atoms with E-state index in [1.807, 2.05) is 6.08 Å². The second-order valence-corrected chi connectivity index (χ2v) is 13.6. The predicted octanol–water partition coefficient (Wildman–Crippen LogP) is 7.40. The second-order valence-electron chi connectivity index (χ2n) is 13.6. The van der Waals surface area contributed by atoms with Gasteiger partial charge in [0.1, 0.15) is 0 Å². The number of hydrogen-bond acceptors (Lipinski definition) is 2. The van der Waals surface area contributed by atoms with E-state index in [9.17, 15) is 9.90 Å². The van der Waals surface area contributed by atoms with Crippen molar-refractivity contribution in [3.05, 3.63) is 23.3 Å². The van der Waals surface area contributed by atoms with E-state index in [4.69, 9.17) is 5.11 Å². The maximum atomic E-state index is 11.1. The molecular formula is C30H48O3. The van der Waals surface area contributed by atoms with Crippen LogP contribution in [-0.4, -0.2) is 22.3 Å². The third-order valence-electron chi connectivity index (χ3n) is 12.0. The number of aliphatic carboxylic acids is 1. The highest BCUT2D eigenvalue weighted by atomic mass is 16.4. The first-order chi connectivity index (χ1) is 15.3. The summed E-state index contributed by atoms with van der Waals surface area (Å²) < 4.78 is 0. The van der Waals surface area contributed by atoms with Gasteiger partial charge in [0.15, 0.2) is 0 Å². The zero-order chi connectivity index (χ0) is 24.4. The van der Waals surface area contributed by atoms with Gasteiger partial charge in [-0.3, -0.25) is 0 Å². The number of hydrogen-bond donors (Lipinski definition) is 2. The Hall–Kier alpha value is -1.09. The summed E-state index contributed by atoms with van der Waals surface area (Å²) >= 11 is 0. The molecule has 3 saturated carbocycles. The molecule has 0 radical (unpaired) electrons. The Bertz CT molecular complexity index is 853. The molecule has 0 unspecified atom stereocenters. The smallest absolute Gasteiger partial charge is 0.330 e. The minimum atomic E-state index is -0.796. The molecule has 0 heterocycles. The van der Waals surface area contributed by atoms with Crippen molar-refractivity contribution < 1.29 is 15.0 Å². The number of allylic oxidation sites excluding steroid dienone is 3. The van der Waals surface area contributed by atoms with E-state index in [1.165, 1.54) is 25.7 Å². The molecule has 0 spiro atoms. The largest absolute Gasteiger partial charge is 0.478 e. The SMILES string of the molecule is C/C(=C/CC[C@H](C)[C@@H]1CC[C@]2(C)C3=CC[C@H]4C(C)(C)[C@@H](O)CC[C@]4(C)[C@@H]3CC[C@@]12C)C(=O)O. The second kappa shape index (κ2) is 8.25. The molecule has 4 aliphatic rings. The molecular weight excluding hydrogens is 408 g/mol. The Morgan fingerprint density at radius 2 is 1.82 bits per heavy atom. The number of carboxylic acids is 1. The third-order valence-corrected chi connectivity index (χ3v) is 12.0. The Morgan fingerprint density at radius 1 is 1.12 bits per heavy atom. The predicted molar refractivity (Wildman–Crippen MR) is 135 cm³/mol. The highest BCUT2D eigenvalue weighted by Gasteiger charge is 2.65. The van der Waals surface area contributed by atoms with Crippen LogP contribution >= 0.6 is 0 Å². The first-order valence-electron chi connectivity index (χ1n) is 13.6. The van der Waals surface area contributed by atoms with Crippen LogP contribution in [0.25, 0.3) is 0 Å². The van der Waals surface area contributed by atoms with Crippen molar-refractivity contribution in [2.24, 2.45) is 45.3 Å². The molecule has 0 amide bonds. The Balaban J connectivity index is 1.58. The Morgan fingerprint density at radius 3 is 2.48 bits per heavy atom. The van der Waals surface area contributed by atoms with E-state index in [0.29, 0.717) is 40.1 Å². The van der Waals surface area contributed by atoms with Crippen molar-refractivity contribution in [1.29, 1.82) is 0 Å². The van der Waals surface area contributed by atoms with Crippen LogP contribution in [-0.2, 0) is 4.79 Å². The molecule has 0 aromatic heterocycles. The molecule has 33 heavy (non-hydrogen) atoms. The molecule has 0 aromatic carbocycles. The summed E-state index contributed by atoms with van der Waals surface area (Å²) in [6.45, 7) is 16.5. The van der Waals surface area contributed by atoms with Gasteiger partial charge in [-0.1, -0.05) is 59.3 Å². The van der Waals surface area contributed by atoms with Crippen LogP contribution < -0.4 is 0 Å². The van der Waals surface area contributed by atoms with E-state index in [0.717, 1.165) is 32.1 Å². The molecule has 0 bridgehead atoms. The normalized spacial score (nSPS) is 45.5. The number of rotatable bonds is 5. The van der Waals surface area contributed by atoms with Crippen LogP contribution in [0.2, 0.25) is 0 Å². The van der Waals surface area contributed by atoms with Gasteiger partial charge in [0, 0.05) is 5.57 Å². The first-order valence-corrected chi connectivity index (χ1v) is 13.6. The molecule has 3 fully saturated rings. The van der Waals surface area contributed by atoms with E-state index < -0.39 is 5.97 Å². The van der Waals surface area contributed by atoms with Gasteiger partial charge in [0.25, 0.3) is 0 Å². The lowest BCUT2D eigenvalue weighted by Gasteiger charge is -2.64. The molecule has 3 nitrogen and oxygen atoms in total. The Kier molecular flexibility index (Phi) is 6.25. The Labute approximate surface area is 202 Å². The molecule has 4 rings (SSSR count). The summed E-state index contributed by atoms with van der Waals surface area (Å²) in [6, 6.07) is 0. The van der Waals surface area contributed by atoms with Crippen LogP contribution in [0.1, 0.15) is 106 Å². The van der Waals surface area contributed by atoms with Crippen LogP contribution in [0.3, 0.4) is 0 Å². The maximum absolute atomic E-state index is 11.1. The van der Waals surface area contributed by atoms with Crippen LogP contribution in [0.5, 0.6) is 0 Å². The summed E-state index contributed by atoms with van der Waals surface area (Å²) in [4.78, 5) is 11.1. The lowest BCUT2D eigenvalue weighted by atomic mass is 9.41. The van der Waals surface area contributed by atoms with Crippen LogP contribution in [0.15, 0.2) is 23.3 Å². The van der Waals surface area contributed by atoms with Gasteiger partial charge in [-0.15, -0.1) is 0 Å². The van der Waals surface area contributed by atoms with Crippen molar-refractivity contribution in [3.8, 4) is 0 Å². The van der Waals surface area contributed by atoms with Crippen LogP contribution in [0.4, 0.5) is 0 Å². The van der Waals surface area contributed by atoms with Crippen molar-refractivity contribution >= 4 is 5.97 Å². The van der Waals surface area contributed by atoms with E-state index in [1.54, 1.807) is 12.5 Å². The average molecular weight is 457 g/mol. The van der Waals surface area contributed by atoms with Crippen LogP contribution in [0, 0.1) is 45.3 Å². The number of fused-ring (bicyclic) bond motifs is 5. The summed E-state index contributed by atoms with van der Waals surface area (Å²) in [5.41, 5.74) is 3.13. The topological polar surface area (TPSA) is 57.5 Å². The van der Waals surface area contributed by atoms with Crippen molar-refractivity contribution in [1.82, 2.24) is 0 Å². The molecule has 2 N–H and O–H groups in total. The molecule has 0 aliphatic heterocycles. The fourth-order valence-corrected chi connectivity index (χ4v) is 9.50. The summed E-state index contributed by atoms with van der Waals surface area (Å²) in [7, 11) is 0. The van der Waals surface area contributed by atoms with Gasteiger partial charge in [-0.25, -0.2) is 4.79 Å². The molecule has 8 atom stereocenters. The van der Waals surface area contributed by atoms with Gasteiger partial charge in [-0.05, 0) is 110 Å². The summed E-state index contributed by atoms with van der Waals surface area (Å²) in [6.07, 6.45) is 14.7. The molecule has 0 saturated heterocycles. The first kappa shape index (κ1) is 25.0.